The zero-order valence-electron chi connectivity index (χ0n) is 14.9. The molecule has 0 fully saturated rings. The van der Waals surface area contributed by atoms with E-state index in [2.05, 4.69) is 9.97 Å². The molecule has 0 N–H and O–H groups in total. The zero-order chi connectivity index (χ0) is 19.5. The van der Waals surface area contributed by atoms with Crippen molar-refractivity contribution in [3.05, 3.63) is 84.2 Å². The Labute approximate surface area is 160 Å². The number of nitrogens with zero attached hydrogens (tertiary/aromatic N) is 2. The van der Waals surface area contributed by atoms with Crippen molar-refractivity contribution in [2.45, 2.75) is 0 Å². The number of hydrogen-bond donors (Lipinski definition) is 0. The molecule has 0 unspecified atom stereocenters. The van der Waals surface area contributed by atoms with Gasteiger partial charge in [-0.2, -0.15) is 4.98 Å². The Hall–Kier alpha value is -3.80. The number of carbonyl (C=O) groups excluding carboxylic acids is 1. The molecule has 0 bridgehead atoms. The predicted octanol–water partition coefficient (Wildman–Crippen LogP) is 5.01. The molecule has 0 aliphatic heterocycles. The molecule has 5 nitrogen and oxygen atoms in total. The van der Waals surface area contributed by atoms with E-state index < -0.39 is 11.8 Å². The Kier molecular flexibility index (Phi) is 4.68. The van der Waals surface area contributed by atoms with E-state index in [1.165, 1.54) is 13.2 Å². The van der Waals surface area contributed by atoms with Gasteiger partial charge in [-0.3, -0.25) is 0 Å². The Morgan fingerprint density at radius 3 is 2.36 bits per heavy atom. The number of esters is 1. The number of hydrogen-bond acceptors (Lipinski definition) is 5. The minimum absolute atomic E-state index is 0.234. The quantitative estimate of drug-likeness (QED) is 0.470. The minimum Gasteiger partial charge on any atom is -0.465 e. The highest BCUT2D eigenvalue weighted by atomic mass is 19.1. The molecule has 0 radical (unpaired) electrons. The van der Waals surface area contributed by atoms with Gasteiger partial charge in [-0.05, 0) is 48.5 Å². The number of fused-ring (bicyclic) bond motifs is 1. The first kappa shape index (κ1) is 17.6. The molecule has 0 aliphatic carbocycles. The van der Waals surface area contributed by atoms with Gasteiger partial charge >= 0.3 is 5.97 Å². The van der Waals surface area contributed by atoms with Crippen molar-refractivity contribution in [1.29, 1.82) is 0 Å². The second kappa shape index (κ2) is 7.44. The second-order valence-corrected chi connectivity index (χ2v) is 5.97. The number of methoxy groups -OCH3 is 1. The summed E-state index contributed by atoms with van der Waals surface area (Å²) in [6.45, 7) is 0. The molecule has 0 amide bonds. The van der Waals surface area contributed by atoms with Crippen LogP contribution in [0, 0.1) is 5.82 Å². The van der Waals surface area contributed by atoms with Crippen molar-refractivity contribution in [3.8, 4) is 23.0 Å². The second-order valence-electron chi connectivity index (χ2n) is 5.97. The lowest BCUT2D eigenvalue weighted by atomic mass is 10.1. The largest absolute Gasteiger partial charge is 0.465 e. The van der Waals surface area contributed by atoms with Gasteiger partial charge in [0.15, 0.2) is 5.82 Å². The van der Waals surface area contributed by atoms with Crippen LogP contribution in [0.1, 0.15) is 10.4 Å². The number of ether oxygens (including phenoxy) is 2. The molecule has 138 valence electrons. The molecular formula is C22H15FN2O3. The summed E-state index contributed by atoms with van der Waals surface area (Å²) in [6.07, 6.45) is 0. The van der Waals surface area contributed by atoms with E-state index in [1.807, 2.05) is 24.3 Å². The third-order valence-electron chi connectivity index (χ3n) is 4.17. The van der Waals surface area contributed by atoms with Crippen molar-refractivity contribution >= 4 is 16.9 Å². The molecule has 1 aromatic heterocycles. The van der Waals surface area contributed by atoms with Crippen molar-refractivity contribution in [1.82, 2.24) is 9.97 Å². The van der Waals surface area contributed by atoms with Gasteiger partial charge < -0.3 is 9.47 Å². The molecule has 0 saturated carbocycles. The molecule has 1 heterocycles. The summed E-state index contributed by atoms with van der Waals surface area (Å²) < 4.78 is 24.9. The first-order valence-corrected chi connectivity index (χ1v) is 8.53. The Morgan fingerprint density at radius 2 is 1.61 bits per heavy atom. The topological polar surface area (TPSA) is 61.3 Å². The third-order valence-corrected chi connectivity index (χ3v) is 4.17. The first-order chi connectivity index (χ1) is 13.7. The SMILES string of the molecule is COC(=O)c1ccc(Oc2nc(-c3ccccc3F)nc3ccccc23)cc1. The van der Waals surface area contributed by atoms with Crippen LogP contribution in [0.5, 0.6) is 11.6 Å². The van der Waals surface area contributed by atoms with Crippen LogP contribution in [0.4, 0.5) is 4.39 Å². The highest BCUT2D eigenvalue weighted by Gasteiger charge is 2.14. The van der Waals surface area contributed by atoms with Crippen molar-refractivity contribution in [3.63, 3.8) is 0 Å². The summed E-state index contributed by atoms with van der Waals surface area (Å²) in [5.41, 5.74) is 1.34. The van der Waals surface area contributed by atoms with E-state index in [0.29, 0.717) is 33.7 Å². The number of para-hydroxylation sites is 1. The van der Waals surface area contributed by atoms with Crippen LogP contribution in [-0.4, -0.2) is 23.0 Å². The number of benzene rings is 3. The van der Waals surface area contributed by atoms with Crippen molar-refractivity contribution in [2.75, 3.05) is 7.11 Å². The molecule has 0 spiro atoms. The van der Waals surface area contributed by atoms with Crippen molar-refractivity contribution in [2.24, 2.45) is 0 Å². The van der Waals surface area contributed by atoms with Gasteiger partial charge in [0.25, 0.3) is 0 Å². The molecule has 0 aliphatic rings. The Balaban J connectivity index is 1.77. The summed E-state index contributed by atoms with van der Waals surface area (Å²) in [7, 11) is 1.32. The van der Waals surface area contributed by atoms with Crippen LogP contribution in [0.2, 0.25) is 0 Å². The van der Waals surface area contributed by atoms with Crippen molar-refractivity contribution < 1.29 is 18.7 Å². The predicted molar refractivity (Wildman–Crippen MR) is 103 cm³/mol. The van der Waals surface area contributed by atoms with Crippen LogP contribution < -0.4 is 4.74 Å². The molecule has 4 aromatic rings. The highest BCUT2D eigenvalue weighted by molar-refractivity contribution is 5.89. The lowest BCUT2D eigenvalue weighted by molar-refractivity contribution is 0.0600. The monoisotopic (exact) mass is 374 g/mol. The van der Waals surface area contributed by atoms with Gasteiger partial charge in [-0.1, -0.05) is 24.3 Å². The fourth-order valence-electron chi connectivity index (χ4n) is 2.78. The maximum Gasteiger partial charge on any atom is 0.337 e. The lowest BCUT2D eigenvalue weighted by Crippen LogP contribution is -2.01. The van der Waals surface area contributed by atoms with Crippen LogP contribution in [0.25, 0.3) is 22.3 Å². The average Bonchev–Trinajstić information content (AvgIpc) is 2.74. The van der Waals surface area contributed by atoms with Gasteiger partial charge in [0.2, 0.25) is 5.88 Å². The fraction of sp³-hybridized carbons (Fsp3) is 0.0455. The average molecular weight is 374 g/mol. The molecular weight excluding hydrogens is 359 g/mol. The molecule has 28 heavy (non-hydrogen) atoms. The first-order valence-electron chi connectivity index (χ1n) is 8.53. The van der Waals surface area contributed by atoms with Gasteiger partial charge in [-0.15, -0.1) is 0 Å². The fourth-order valence-corrected chi connectivity index (χ4v) is 2.78. The summed E-state index contributed by atoms with van der Waals surface area (Å²) >= 11 is 0. The third kappa shape index (κ3) is 3.40. The minimum atomic E-state index is -0.430. The normalized spacial score (nSPS) is 10.6. The van der Waals surface area contributed by atoms with E-state index in [-0.39, 0.29) is 5.82 Å². The maximum absolute atomic E-state index is 14.2. The highest BCUT2D eigenvalue weighted by Crippen LogP contribution is 2.31. The molecule has 0 atom stereocenters. The standard InChI is InChI=1S/C22H15FN2O3/c1-27-22(26)14-10-12-15(13-11-14)28-21-17-7-3-5-9-19(17)24-20(25-21)16-6-2-4-8-18(16)23/h2-13H,1H3. The van der Waals surface area contributed by atoms with Gasteiger partial charge in [0, 0.05) is 0 Å². The number of aromatic nitrogens is 2. The zero-order valence-corrected chi connectivity index (χ0v) is 14.9. The molecule has 3 aromatic carbocycles. The van der Waals surface area contributed by atoms with Crippen LogP contribution >= 0.6 is 0 Å². The number of carbonyl (C=O) groups is 1. The van der Waals surface area contributed by atoms with E-state index in [0.717, 1.165) is 0 Å². The van der Waals surface area contributed by atoms with E-state index in [9.17, 15) is 9.18 Å². The Morgan fingerprint density at radius 1 is 0.893 bits per heavy atom. The molecule has 0 saturated heterocycles. The van der Waals surface area contributed by atoms with Crippen LogP contribution in [-0.2, 0) is 4.74 Å². The smallest absolute Gasteiger partial charge is 0.337 e. The van der Waals surface area contributed by atoms with Gasteiger partial charge in [0.05, 0.1) is 29.1 Å². The molecule has 4 rings (SSSR count). The summed E-state index contributed by atoms with van der Waals surface area (Å²) in [4.78, 5) is 20.5. The van der Waals surface area contributed by atoms with Crippen LogP contribution in [0.3, 0.4) is 0 Å². The van der Waals surface area contributed by atoms with Gasteiger partial charge in [-0.25, -0.2) is 14.2 Å². The number of halogens is 1. The van der Waals surface area contributed by atoms with E-state index in [4.69, 9.17) is 9.47 Å². The van der Waals surface area contributed by atoms with E-state index >= 15 is 0 Å². The lowest BCUT2D eigenvalue weighted by Gasteiger charge is -2.11. The van der Waals surface area contributed by atoms with Gasteiger partial charge in [0.1, 0.15) is 11.6 Å². The summed E-state index contributed by atoms with van der Waals surface area (Å²) in [5, 5.41) is 0.694. The van der Waals surface area contributed by atoms with Crippen LogP contribution in [0.15, 0.2) is 72.8 Å². The van der Waals surface area contributed by atoms with E-state index in [1.54, 1.807) is 42.5 Å². The summed E-state index contributed by atoms with van der Waals surface area (Å²) in [5.74, 6) is 0.177. The maximum atomic E-state index is 14.2. The molecule has 6 heteroatoms. The Bertz CT molecular complexity index is 1160. The summed E-state index contributed by atoms with van der Waals surface area (Å²) in [6, 6.07) is 20.1. The number of rotatable bonds is 4.